The summed E-state index contributed by atoms with van der Waals surface area (Å²) in [5, 5.41) is 6.05. The first-order chi connectivity index (χ1) is 10.8. The number of rotatable bonds is 5. The van der Waals surface area contributed by atoms with Crippen LogP contribution in [-0.4, -0.2) is 23.9 Å². The highest BCUT2D eigenvalue weighted by Crippen LogP contribution is 2.60. The second-order valence-electron chi connectivity index (χ2n) is 8.40. The Bertz CT molecular complexity index is 495. The van der Waals surface area contributed by atoms with Crippen LogP contribution in [0.3, 0.4) is 0 Å². The fourth-order valence-electron chi connectivity index (χ4n) is 5.85. The lowest BCUT2D eigenvalue weighted by Gasteiger charge is -2.63. The zero-order valence-corrected chi connectivity index (χ0v) is 14.7. The molecule has 0 spiro atoms. The van der Waals surface area contributed by atoms with Crippen molar-refractivity contribution in [3.05, 3.63) is 12.2 Å². The van der Waals surface area contributed by atoms with Crippen LogP contribution in [0.1, 0.15) is 52.9 Å². The predicted molar refractivity (Wildman–Crippen MR) is 90.6 cm³/mol. The first-order valence-electron chi connectivity index (χ1n) is 9.07. The molecule has 4 fully saturated rings. The van der Waals surface area contributed by atoms with Crippen LogP contribution >= 0.6 is 0 Å². The molecule has 4 aliphatic carbocycles. The molecular formula is C19H30N2O2. The normalized spacial score (nSPS) is 37.7. The first-order valence-corrected chi connectivity index (χ1v) is 9.07. The van der Waals surface area contributed by atoms with Gasteiger partial charge in [-0.3, -0.25) is 9.59 Å². The van der Waals surface area contributed by atoms with Crippen LogP contribution in [0.15, 0.2) is 12.2 Å². The van der Waals surface area contributed by atoms with Gasteiger partial charge in [0.25, 0.3) is 0 Å². The van der Waals surface area contributed by atoms with Crippen LogP contribution in [0.5, 0.6) is 0 Å². The van der Waals surface area contributed by atoms with Crippen molar-refractivity contribution in [3.63, 3.8) is 0 Å². The lowest BCUT2D eigenvalue weighted by molar-refractivity contribution is -0.137. The summed E-state index contributed by atoms with van der Waals surface area (Å²) in [4.78, 5) is 24.1. The monoisotopic (exact) mass is 318 g/mol. The summed E-state index contributed by atoms with van der Waals surface area (Å²) < 4.78 is 0. The summed E-state index contributed by atoms with van der Waals surface area (Å²) in [7, 11) is 0. The number of amides is 2. The summed E-state index contributed by atoms with van der Waals surface area (Å²) >= 11 is 0. The molecule has 0 aromatic carbocycles. The smallest absolute Gasteiger partial charge is 0.246 e. The average molecular weight is 318 g/mol. The molecule has 4 bridgehead atoms. The average Bonchev–Trinajstić information content (AvgIpc) is 2.47. The minimum absolute atomic E-state index is 0.0481. The van der Waals surface area contributed by atoms with E-state index >= 15 is 0 Å². The maximum Gasteiger partial charge on any atom is 0.246 e. The number of carbonyl (C=O) groups excluding carboxylic acids is 2. The lowest BCUT2D eigenvalue weighted by Crippen LogP contribution is -2.69. The number of carbonyl (C=O) groups is 2. The van der Waals surface area contributed by atoms with E-state index in [-0.39, 0.29) is 23.9 Å². The second-order valence-corrected chi connectivity index (χ2v) is 8.40. The van der Waals surface area contributed by atoms with E-state index < -0.39 is 0 Å². The van der Waals surface area contributed by atoms with Crippen LogP contribution in [0.4, 0.5) is 0 Å². The summed E-state index contributed by atoms with van der Waals surface area (Å²) in [6.07, 6.45) is 6.48. The molecule has 0 heterocycles. The molecule has 0 radical (unpaired) electrons. The molecule has 0 aromatic heterocycles. The third-order valence-corrected chi connectivity index (χ3v) is 6.60. The molecule has 0 aromatic rings. The van der Waals surface area contributed by atoms with E-state index in [0.717, 1.165) is 11.8 Å². The van der Waals surface area contributed by atoms with E-state index in [1.165, 1.54) is 32.1 Å². The topological polar surface area (TPSA) is 58.2 Å². The Labute approximate surface area is 139 Å². The molecule has 4 nitrogen and oxygen atoms in total. The first kappa shape index (κ1) is 16.5. The molecule has 2 amide bonds. The molecule has 23 heavy (non-hydrogen) atoms. The van der Waals surface area contributed by atoms with Crippen LogP contribution in [0, 0.1) is 29.6 Å². The van der Waals surface area contributed by atoms with E-state index in [2.05, 4.69) is 31.1 Å². The Hall–Kier alpha value is -1.32. The third kappa shape index (κ3) is 2.81. The van der Waals surface area contributed by atoms with Crippen molar-refractivity contribution in [1.82, 2.24) is 10.6 Å². The van der Waals surface area contributed by atoms with Crippen molar-refractivity contribution in [2.75, 3.05) is 6.54 Å². The molecule has 0 unspecified atom stereocenters. The van der Waals surface area contributed by atoms with E-state index in [0.29, 0.717) is 23.3 Å². The Kier molecular flexibility index (Phi) is 4.28. The van der Waals surface area contributed by atoms with E-state index in [4.69, 9.17) is 0 Å². The van der Waals surface area contributed by atoms with E-state index in [1.54, 1.807) is 6.92 Å². The van der Waals surface area contributed by atoms with Crippen molar-refractivity contribution in [1.29, 1.82) is 0 Å². The molecule has 4 rings (SSSR count). The van der Waals surface area contributed by atoms with Crippen LogP contribution in [0.2, 0.25) is 0 Å². The highest BCUT2D eigenvalue weighted by atomic mass is 16.2. The van der Waals surface area contributed by atoms with Gasteiger partial charge in [0.2, 0.25) is 11.8 Å². The zero-order valence-electron chi connectivity index (χ0n) is 14.7. The minimum atomic E-state index is -0.246. The van der Waals surface area contributed by atoms with Crippen molar-refractivity contribution in [3.8, 4) is 0 Å². The Morgan fingerprint density at radius 2 is 1.61 bits per heavy atom. The Balaban J connectivity index is 1.71. The summed E-state index contributed by atoms with van der Waals surface area (Å²) in [6, 6.07) is 0. The fourth-order valence-corrected chi connectivity index (χ4v) is 5.85. The number of nitrogens with one attached hydrogen (secondary N) is 2. The molecule has 4 heteroatoms. The van der Waals surface area contributed by atoms with Gasteiger partial charge in [-0.1, -0.05) is 20.4 Å². The van der Waals surface area contributed by atoms with Crippen molar-refractivity contribution in [2.24, 2.45) is 29.6 Å². The van der Waals surface area contributed by atoms with Gasteiger partial charge in [-0.2, -0.15) is 0 Å². The zero-order chi connectivity index (χ0) is 16.8. The van der Waals surface area contributed by atoms with Gasteiger partial charge in [0.1, 0.15) is 0 Å². The SMILES string of the molecule is C=C(C)C(=O)NCC(=O)NC1(C(C)C)C2CC3CC(C2)CC1C3. The lowest BCUT2D eigenvalue weighted by atomic mass is 9.46. The maximum absolute atomic E-state index is 12.5. The van der Waals surface area contributed by atoms with Crippen molar-refractivity contribution < 1.29 is 9.59 Å². The predicted octanol–water partition coefficient (Wildman–Crippen LogP) is 2.65. The standard InChI is InChI=1S/C19H30N2O2/c1-11(2)18(23)20-10-17(22)21-19(12(3)4)15-6-13-5-14(8-15)9-16(19)7-13/h12-16H,1,5-10H2,2-4H3,(H,20,23)(H,21,22). The molecule has 4 aliphatic rings. The van der Waals surface area contributed by atoms with Crippen LogP contribution in [0.25, 0.3) is 0 Å². The highest BCUT2D eigenvalue weighted by molar-refractivity contribution is 5.94. The molecule has 0 atom stereocenters. The summed E-state index contributed by atoms with van der Waals surface area (Å²) in [5.74, 6) is 3.11. The van der Waals surface area contributed by atoms with Crippen molar-refractivity contribution >= 4 is 11.8 Å². The van der Waals surface area contributed by atoms with E-state index in [1.807, 2.05) is 0 Å². The van der Waals surface area contributed by atoms with E-state index in [9.17, 15) is 9.59 Å². The number of hydrogen-bond donors (Lipinski definition) is 2. The molecule has 2 N–H and O–H groups in total. The van der Waals surface area contributed by atoms with Crippen LogP contribution in [-0.2, 0) is 9.59 Å². The van der Waals surface area contributed by atoms with Gasteiger partial charge in [0.05, 0.1) is 6.54 Å². The molecule has 128 valence electrons. The van der Waals surface area contributed by atoms with Gasteiger partial charge in [-0.25, -0.2) is 0 Å². The Morgan fingerprint density at radius 1 is 1.09 bits per heavy atom. The third-order valence-electron chi connectivity index (χ3n) is 6.60. The molecular weight excluding hydrogens is 288 g/mol. The second kappa shape index (κ2) is 5.95. The minimum Gasteiger partial charge on any atom is -0.348 e. The van der Waals surface area contributed by atoms with Gasteiger partial charge in [-0.15, -0.1) is 0 Å². The summed E-state index contributed by atoms with van der Waals surface area (Å²) in [5.41, 5.74) is 0.365. The molecule has 4 saturated carbocycles. The van der Waals surface area contributed by atoms with Crippen LogP contribution < -0.4 is 10.6 Å². The molecule has 0 aliphatic heterocycles. The van der Waals surface area contributed by atoms with Gasteiger partial charge in [-0.05, 0) is 68.6 Å². The summed E-state index contributed by atoms with van der Waals surface area (Å²) in [6.45, 7) is 9.80. The van der Waals surface area contributed by atoms with Gasteiger partial charge in [0, 0.05) is 11.1 Å². The van der Waals surface area contributed by atoms with Crippen molar-refractivity contribution in [2.45, 2.75) is 58.4 Å². The van der Waals surface area contributed by atoms with Gasteiger partial charge >= 0.3 is 0 Å². The fraction of sp³-hybridized carbons (Fsp3) is 0.789. The highest BCUT2D eigenvalue weighted by Gasteiger charge is 2.58. The quantitative estimate of drug-likeness (QED) is 0.766. The largest absolute Gasteiger partial charge is 0.348 e. The van der Waals surface area contributed by atoms with Gasteiger partial charge < -0.3 is 10.6 Å². The maximum atomic E-state index is 12.5. The number of hydrogen-bond acceptors (Lipinski definition) is 2. The molecule has 0 saturated heterocycles. The Morgan fingerprint density at radius 3 is 2.04 bits per heavy atom. The van der Waals surface area contributed by atoms with Gasteiger partial charge in [0.15, 0.2) is 0 Å².